The van der Waals surface area contributed by atoms with Crippen LogP contribution < -0.4 is 10.2 Å². The molecule has 1 aliphatic rings. The van der Waals surface area contributed by atoms with Crippen molar-refractivity contribution >= 4 is 33.5 Å². The van der Waals surface area contributed by atoms with Crippen LogP contribution in [0.15, 0.2) is 59.1 Å². The molecule has 1 fully saturated rings. The van der Waals surface area contributed by atoms with E-state index in [1.54, 1.807) is 0 Å². The molecular formula is C25H28BrN5O. The number of para-hydroxylation sites is 1. The summed E-state index contributed by atoms with van der Waals surface area (Å²) < 4.78 is 0.874. The van der Waals surface area contributed by atoms with Crippen LogP contribution in [-0.2, 0) is 0 Å². The Hall–Kier alpha value is -2.93. The van der Waals surface area contributed by atoms with E-state index in [1.807, 2.05) is 59.5 Å². The first-order valence-electron chi connectivity index (χ1n) is 10.9. The van der Waals surface area contributed by atoms with Crippen molar-refractivity contribution in [1.82, 2.24) is 14.9 Å². The largest absolute Gasteiger partial charge is 0.353 e. The van der Waals surface area contributed by atoms with Crippen LogP contribution in [0, 0.1) is 6.92 Å². The van der Waals surface area contributed by atoms with Gasteiger partial charge in [0.05, 0.1) is 5.69 Å². The topological polar surface area (TPSA) is 61.4 Å². The number of amides is 2. The van der Waals surface area contributed by atoms with E-state index in [0.29, 0.717) is 19.0 Å². The molecule has 0 saturated carbocycles. The number of carbonyl (C=O) groups is 1. The van der Waals surface area contributed by atoms with Gasteiger partial charge in [-0.05, 0) is 40.9 Å². The molecule has 4 rings (SSSR count). The summed E-state index contributed by atoms with van der Waals surface area (Å²) in [7, 11) is 0. The third-order valence-corrected chi connectivity index (χ3v) is 6.40. The van der Waals surface area contributed by atoms with Crippen molar-refractivity contribution in [2.45, 2.75) is 26.7 Å². The molecule has 1 N–H and O–H groups in total. The summed E-state index contributed by atoms with van der Waals surface area (Å²) in [6.45, 7) is 9.16. The van der Waals surface area contributed by atoms with Crippen molar-refractivity contribution in [2.24, 2.45) is 0 Å². The molecule has 0 bridgehead atoms. The number of hydrogen-bond acceptors (Lipinski definition) is 4. The molecule has 7 heteroatoms. The van der Waals surface area contributed by atoms with Crippen molar-refractivity contribution in [3.8, 4) is 11.4 Å². The molecule has 2 aromatic carbocycles. The second kappa shape index (κ2) is 9.69. The quantitative estimate of drug-likeness (QED) is 0.506. The normalized spacial score (nSPS) is 14.0. The van der Waals surface area contributed by atoms with Crippen LogP contribution in [0.25, 0.3) is 11.4 Å². The van der Waals surface area contributed by atoms with E-state index < -0.39 is 0 Å². The van der Waals surface area contributed by atoms with Crippen molar-refractivity contribution in [2.75, 3.05) is 36.4 Å². The number of aryl methyl sites for hydroxylation is 1. The zero-order chi connectivity index (χ0) is 22.7. The predicted octanol–water partition coefficient (Wildman–Crippen LogP) is 5.69. The minimum absolute atomic E-state index is 0.0792. The number of nitrogens with zero attached hydrogens (tertiary/aromatic N) is 4. The summed E-state index contributed by atoms with van der Waals surface area (Å²) >= 11 is 3.49. The van der Waals surface area contributed by atoms with Crippen molar-refractivity contribution in [1.29, 1.82) is 0 Å². The van der Waals surface area contributed by atoms with Gasteiger partial charge < -0.3 is 15.1 Å². The van der Waals surface area contributed by atoms with Crippen LogP contribution >= 0.6 is 15.9 Å². The predicted molar refractivity (Wildman–Crippen MR) is 133 cm³/mol. The Kier molecular flexibility index (Phi) is 6.74. The molecule has 3 aromatic rings. The number of carbonyl (C=O) groups excluding carboxylic acids is 1. The summed E-state index contributed by atoms with van der Waals surface area (Å²) in [6.07, 6.45) is 0. The van der Waals surface area contributed by atoms with Crippen molar-refractivity contribution in [3.05, 3.63) is 70.3 Å². The maximum absolute atomic E-state index is 12.8. The van der Waals surface area contributed by atoms with Gasteiger partial charge in [-0.15, -0.1) is 0 Å². The number of piperazine rings is 1. The monoisotopic (exact) mass is 493 g/mol. The Morgan fingerprint density at radius 3 is 2.28 bits per heavy atom. The molecule has 1 saturated heterocycles. The number of urea groups is 1. The van der Waals surface area contributed by atoms with Crippen molar-refractivity contribution < 1.29 is 4.79 Å². The fourth-order valence-corrected chi connectivity index (χ4v) is 4.46. The maximum Gasteiger partial charge on any atom is 0.321 e. The smallest absolute Gasteiger partial charge is 0.321 e. The number of benzene rings is 2. The number of rotatable bonds is 4. The molecular weight excluding hydrogens is 466 g/mol. The Morgan fingerprint density at radius 2 is 1.62 bits per heavy atom. The van der Waals surface area contributed by atoms with E-state index >= 15 is 0 Å². The van der Waals surface area contributed by atoms with Gasteiger partial charge in [-0.2, -0.15) is 0 Å². The van der Waals surface area contributed by atoms with Gasteiger partial charge in [-0.25, -0.2) is 14.8 Å². The van der Waals surface area contributed by atoms with E-state index in [4.69, 9.17) is 9.97 Å². The van der Waals surface area contributed by atoms with E-state index in [2.05, 4.69) is 46.9 Å². The van der Waals surface area contributed by atoms with Gasteiger partial charge in [0.25, 0.3) is 0 Å². The standard InChI is InChI=1S/C25H28BrN5O/c1-17(2)22-18(3)27-23(19-9-5-4-6-10-19)29-24(22)30-13-15-31(16-14-30)25(32)28-21-12-8-7-11-20(21)26/h4-12,17H,13-16H2,1-3H3,(H,28,32). The van der Waals surface area contributed by atoms with E-state index in [1.165, 1.54) is 5.56 Å². The van der Waals surface area contributed by atoms with E-state index in [-0.39, 0.29) is 6.03 Å². The molecule has 0 unspecified atom stereocenters. The van der Waals surface area contributed by atoms with Crippen LogP contribution in [0.1, 0.15) is 31.0 Å². The highest BCUT2D eigenvalue weighted by molar-refractivity contribution is 9.10. The molecule has 6 nitrogen and oxygen atoms in total. The minimum Gasteiger partial charge on any atom is -0.353 e. The number of hydrogen-bond donors (Lipinski definition) is 1. The zero-order valence-electron chi connectivity index (χ0n) is 18.7. The fraction of sp³-hybridized carbons (Fsp3) is 0.320. The van der Waals surface area contributed by atoms with Crippen LogP contribution in [0.5, 0.6) is 0 Å². The second-order valence-corrected chi connectivity index (χ2v) is 9.13. The highest BCUT2D eigenvalue weighted by Crippen LogP contribution is 2.31. The average Bonchev–Trinajstić information content (AvgIpc) is 2.80. The SMILES string of the molecule is Cc1nc(-c2ccccc2)nc(N2CCN(C(=O)Nc3ccccc3Br)CC2)c1C(C)C. The van der Waals surface area contributed by atoms with E-state index in [9.17, 15) is 4.79 Å². The van der Waals surface area contributed by atoms with Gasteiger partial charge in [0.15, 0.2) is 5.82 Å². The van der Waals surface area contributed by atoms with Gasteiger partial charge in [-0.1, -0.05) is 56.3 Å². The first-order valence-corrected chi connectivity index (χ1v) is 11.7. The second-order valence-electron chi connectivity index (χ2n) is 8.27. The summed E-state index contributed by atoms with van der Waals surface area (Å²) in [4.78, 5) is 26.7. The van der Waals surface area contributed by atoms with Crippen LogP contribution in [0.3, 0.4) is 0 Å². The fourth-order valence-electron chi connectivity index (χ4n) is 4.08. The summed E-state index contributed by atoms with van der Waals surface area (Å²) in [5.74, 6) is 2.04. The number of halogens is 1. The molecule has 0 radical (unpaired) electrons. The first kappa shape index (κ1) is 22.3. The first-order chi connectivity index (χ1) is 15.4. The van der Waals surface area contributed by atoms with Crippen molar-refractivity contribution in [3.63, 3.8) is 0 Å². The van der Waals surface area contributed by atoms with Gasteiger partial charge in [0.2, 0.25) is 0 Å². The Labute approximate surface area is 197 Å². The van der Waals surface area contributed by atoms with Crippen LogP contribution in [0.4, 0.5) is 16.3 Å². The van der Waals surface area contributed by atoms with Crippen LogP contribution in [-0.4, -0.2) is 47.1 Å². The molecule has 2 amide bonds. The lowest BCUT2D eigenvalue weighted by atomic mass is 10.0. The minimum atomic E-state index is -0.0792. The third-order valence-electron chi connectivity index (χ3n) is 5.71. The number of anilines is 2. The molecule has 166 valence electrons. The molecule has 1 aliphatic heterocycles. The van der Waals surface area contributed by atoms with E-state index in [0.717, 1.165) is 46.1 Å². The van der Waals surface area contributed by atoms with Gasteiger partial charge >= 0.3 is 6.03 Å². The Bertz CT molecular complexity index is 1090. The lowest BCUT2D eigenvalue weighted by Gasteiger charge is -2.37. The average molecular weight is 494 g/mol. The number of nitrogens with one attached hydrogen (secondary N) is 1. The zero-order valence-corrected chi connectivity index (χ0v) is 20.3. The Morgan fingerprint density at radius 1 is 0.969 bits per heavy atom. The van der Waals surface area contributed by atoms with Gasteiger partial charge in [0.1, 0.15) is 5.82 Å². The van der Waals surface area contributed by atoms with Gasteiger partial charge in [-0.3, -0.25) is 0 Å². The molecule has 0 atom stereocenters. The summed E-state index contributed by atoms with van der Waals surface area (Å²) in [5, 5.41) is 3.00. The number of aromatic nitrogens is 2. The molecule has 0 spiro atoms. The maximum atomic E-state index is 12.8. The third kappa shape index (κ3) is 4.78. The molecule has 32 heavy (non-hydrogen) atoms. The summed E-state index contributed by atoms with van der Waals surface area (Å²) in [5.41, 5.74) is 3.98. The lowest BCUT2D eigenvalue weighted by Crippen LogP contribution is -2.50. The molecule has 1 aromatic heterocycles. The molecule has 0 aliphatic carbocycles. The Balaban J connectivity index is 1.53. The molecule has 2 heterocycles. The summed E-state index contributed by atoms with van der Waals surface area (Å²) in [6, 6.07) is 17.7. The van der Waals surface area contributed by atoms with Gasteiger partial charge in [0, 0.05) is 47.5 Å². The highest BCUT2D eigenvalue weighted by Gasteiger charge is 2.26. The van der Waals surface area contributed by atoms with Crippen LogP contribution in [0.2, 0.25) is 0 Å². The lowest BCUT2D eigenvalue weighted by molar-refractivity contribution is 0.208. The highest BCUT2D eigenvalue weighted by atomic mass is 79.9.